The Morgan fingerprint density at radius 3 is 3.08 bits per heavy atom. The standard InChI is InChI=1S/C11H14O/c1-6-9-5-10(11(6)12)8-4-2-3-7(8)9/h2,4,6-10H,3,5H2,1H3/t6-,7-,8+,9+,10+/m0/s1. The molecule has 2 bridgehead atoms. The van der Waals surface area contributed by atoms with Crippen LogP contribution in [0.4, 0.5) is 0 Å². The lowest BCUT2D eigenvalue weighted by Gasteiger charge is -2.27. The lowest BCUT2D eigenvalue weighted by molar-refractivity contribution is -0.127. The van der Waals surface area contributed by atoms with Gasteiger partial charge in [-0.05, 0) is 30.6 Å². The quantitative estimate of drug-likeness (QED) is 0.498. The molecule has 64 valence electrons. The van der Waals surface area contributed by atoms with Crippen LogP contribution in [0, 0.1) is 29.6 Å². The zero-order valence-electron chi connectivity index (χ0n) is 7.36. The van der Waals surface area contributed by atoms with Gasteiger partial charge >= 0.3 is 0 Å². The van der Waals surface area contributed by atoms with Crippen LogP contribution in [0.3, 0.4) is 0 Å². The number of Topliss-reactive ketones (excluding diaryl/α,β-unsaturated/α-hetero) is 1. The Bertz CT molecular complexity index is 266. The SMILES string of the molecule is C[C@@H]1C(=O)[C@@H]2C[C@H]1[C@H]1CC=C[C@H]12. The molecule has 3 aliphatic rings. The second kappa shape index (κ2) is 2.01. The molecule has 1 nitrogen and oxygen atoms in total. The van der Waals surface area contributed by atoms with Gasteiger partial charge in [0.05, 0.1) is 0 Å². The van der Waals surface area contributed by atoms with Crippen molar-refractivity contribution in [2.45, 2.75) is 19.8 Å². The molecule has 0 aromatic rings. The lowest BCUT2D eigenvalue weighted by atomic mass is 9.75. The molecule has 0 N–H and O–H groups in total. The second-order valence-electron chi connectivity index (χ2n) is 4.60. The van der Waals surface area contributed by atoms with Gasteiger partial charge in [0.2, 0.25) is 0 Å². The molecule has 1 heteroatoms. The smallest absolute Gasteiger partial charge is 0.139 e. The summed E-state index contributed by atoms with van der Waals surface area (Å²) in [4.78, 5) is 11.7. The Morgan fingerprint density at radius 2 is 2.25 bits per heavy atom. The van der Waals surface area contributed by atoms with Crippen molar-refractivity contribution < 1.29 is 4.79 Å². The summed E-state index contributed by atoms with van der Waals surface area (Å²) in [6, 6.07) is 0. The van der Waals surface area contributed by atoms with E-state index in [1.54, 1.807) is 0 Å². The van der Waals surface area contributed by atoms with Crippen LogP contribution in [0.2, 0.25) is 0 Å². The number of fused-ring (bicyclic) bond motifs is 5. The molecule has 5 atom stereocenters. The fourth-order valence-electron chi connectivity index (χ4n) is 3.64. The Labute approximate surface area is 72.8 Å². The zero-order valence-corrected chi connectivity index (χ0v) is 7.36. The molecule has 3 aliphatic carbocycles. The second-order valence-corrected chi connectivity index (χ2v) is 4.60. The zero-order chi connectivity index (χ0) is 8.29. The average molecular weight is 162 g/mol. The summed E-state index contributed by atoms with van der Waals surface area (Å²) in [5.41, 5.74) is 0. The van der Waals surface area contributed by atoms with Crippen LogP contribution in [0.25, 0.3) is 0 Å². The molecular weight excluding hydrogens is 148 g/mol. The Morgan fingerprint density at radius 1 is 1.42 bits per heavy atom. The van der Waals surface area contributed by atoms with Gasteiger partial charge in [-0.25, -0.2) is 0 Å². The fraction of sp³-hybridized carbons (Fsp3) is 0.727. The third-order valence-corrected chi connectivity index (χ3v) is 4.26. The summed E-state index contributed by atoms with van der Waals surface area (Å²) in [5.74, 6) is 3.53. The molecule has 0 aromatic heterocycles. The molecule has 0 saturated heterocycles. The van der Waals surface area contributed by atoms with Gasteiger partial charge in [-0.1, -0.05) is 19.1 Å². The Kier molecular flexibility index (Phi) is 1.15. The monoisotopic (exact) mass is 162 g/mol. The minimum absolute atomic E-state index is 0.371. The van der Waals surface area contributed by atoms with Crippen LogP contribution < -0.4 is 0 Å². The molecule has 3 rings (SSSR count). The number of hydrogen-bond donors (Lipinski definition) is 0. The van der Waals surface area contributed by atoms with E-state index < -0.39 is 0 Å². The normalized spacial score (nSPS) is 55.1. The van der Waals surface area contributed by atoms with Crippen LogP contribution >= 0.6 is 0 Å². The maximum atomic E-state index is 11.7. The molecule has 2 fully saturated rings. The van der Waals surface area contributed by atoms with Crippen molar-refractivity contribution in [3.63, 3.8) is 0 Å². The van der Waals surface area contributed by atoms with Gasteiger partial charge in [0.25, 0.3) is 0 Å². The molecule has 0 amide bonds. The van der Waals surface area contributed by atoms with E-state index >= 15 is 0 Å². The van der Waals surface area contributed by atoms with Crippen molar-refractivity contribution in [1.82, 2.24) is 0 Å². The fourth-order valence-corrected chi connectivity index (χ4v) is 3.64. The summed E-state index contributed by atoms with van der Waals surface area (Å²) in [6.07, 6.45) is 7.00. The van der Waals surface area contributed by atoms with E-state index in [-0.39, 0.29) is 0 Å². The van der Waals surface area contributed by atoms with E-state index in [9.17, 15) is 4.79 Å². The molecule has 0 aliphatic heterocycles. The van der Waals surface area contributed by atoms with Gasteiger partial charge in [0.15, 0.2) is 0 Å². The summed E-state index contributed by atoms with van der Waals surface area (Å²) >= 11 is 0. The highest BCUT2D eigenvalue weighted by molar-refractivity contribution is 5.87. The van der Waals surface area contributed by atoms with Gasteiger partial charge in [-0.15, -0.1) is 0 Å². The van der Waals surface area contributed by atoms with E-state index in [1.165, 1.54) is 12.8 Å². The number of carbonyl (C=O) groups excluding carboxylic acids is 1. The van der Waals surface area contributed by atoms with E-state index in [0.29, 0.717) is 23.5 Å². The molecular formula is C11H14O. The third kappa shape index (κ3) is 0.596. The number of carbonyl (C=O) groups is 1. The van der Waals surface area contributed by atoms with Gasteiger partial charge in [-0.3, -0.25) is 4.79 Å². The maximum Gasteiger partial charge on any atom is 0.139 e. The molecule has 2 saturated carbocycles. The maximum absolute atomic E-state index is 11.7. The van der Waals surface area contributed by atoms with Gasteiger partial charge in [0, 0.05) is 11.8 Å². The van der Waals surface area contributed by atoms with Gasteiger partial charge in [-0.2, -0.15) is 0 Å². The minimum atomic E-state index is 0.371. The van der Waals surface area contributed by atoms with Crippen LogP contribution in [0.5, 0.6) is 0 Å². The molecule has 0 radical (unpaired) electrons. The highest BCUT2D eigenvalue weighted by Gasteiger charge is 2.55. The lowest BCUT2D eigenvalue weighted by Crippen LogP contribution is -2.30. The van der Waals surface area contributed by atoms with Crippen LogP contribution in [-0.2, 0) is 4.79 Å². The minimum Gasteiger partial charge on any atom is -0.299 e. The van der Waals surface area contributed by atoms with Crippen molar-refractivity contribution in [1.29, 1.82) is 0 Å². The molecule has 0 aromatic carbocycles. The van der Waals surface area contributed by atoms with Crippen molar-refractivity contribution >= 4 is 5.78 Å². The van der Waals surface area contributed by atoms with Crippen molar-refractivity contribution in [3.05, 3.63) is 12.2 Å². The summed E-state index contributed by atoms with van der Waals surface area (Å²) in [7, 11) is 0. The van der Waals surface area contributed by atoms with Gasteiger partial charge < -0.3 is 0 Å². The first-order chi connectivity index (χ1) is 5.79. The summed E-state index contributed by atoms with van der Waals surface area (Å²) < 4.78 is 0. The van der Waals surface area contributed by atoms with Gasteiger partial charge in [0.1, 0.15) is 5.78 Å². The van der Waals surface area contributed by atoms with E-state index in [4.69, 9.17) is 0 Å². The molecule has 12 heavy (non-hydrogen) atoms. The topological polar surface area (TPSA) is 17.1 Å². The number of ketones is 1. The molecule has 0 heterocycles. The van der Waals surface area contributed by atoms with Crippen LogP contribution in [-0.4, -0.2) is 5.78 Å². The van der Waals surface area contributed by atoms with Crippen molar-refractivity contribution in [2.24, 2.45) is 29.6 Å². The number of rotatable bonds is 0. The Balaban J connectivity index is 2.00. The van der Waals surface area contributed by atoms with Crippen LogP contribution in [0.15, 0.2) is 12.2 Å². The predicted octanol–water partition coefficient (Wildman–Crippen LogP) is 2.03. The highest BCUT2D eigenvalue weighted by atomic mass is 16.1. The van der Waals surface area contributed by atoms with E-state index in [0.717, 1.165) is 11.8 Å². The Hall–Kier alpha value is -0.590. The number of allylic oxidation sites excluding steroid dienone is 2. The van der Waals surface area contributed by atoms with Crippen molar-refractivity contribution in [2.75, 3.05) is 0 Å². The predicted molar refractivity (Wildman–Crippen MR) is 46.5 cm³/mol. The average Bonchev–Trinajstić information content (AvgIpc) is 2.63. The first-order valence-electron chi connectivity index (χ1n) is 4.99. The first-order valence-corrected chi connectivity index (χ1v) is 4.99. The van der Waals surface area contributed by atoms with E-state index in [2.05, 4.69) is 19.1 Å². The largest absolute Gasteiger partial charge is 0.299 e. The third-order valence-electron chi connectivity index (χ3n) is 4.26. The molecule has 0 spiro atoms. The highest BCUT2D eigenvalue weighted by Crippen LogP contribution is 2.56. The summed E-state index contributed by atoms with van der Waals surface area (Å²) in [6.45, 7) is 2.13. The van der Waals surface area contributed by atoms with Crippen LogP contribution in [0.1, 0.15) is 19.8 Å². The number of hydrogen-bond acceptors (Lipinski definition) is 1. The van der Waals surface area contributed by atoms with E-state index in [1.807, 2.05) is 0 Å². The van der Waals surface area contributed by atoms with Crippen molar-refractivity contribution in [3.8, 4) is 0 Å². The summed E-state index contributed by atoms with van der Waals surface area (Å²) in [5, 5.41) is 0. The first kappa shape index (κ1) is 6.88. The molecule has 0 unspecified atom stereocenters.